The van der Waals surface area contributed by atoms with Gasteiger partial charge in [0.05, 0.1) is 9.84 Å². The van der Waals surface area contributed by atoms with E-state index in [9.17, 15) is 9.90 Å². The van der Waals surface area contributed by atoms with Gasteiger partial charge in [-0.25, -0.2) is 0 Å². The number of ether oxygens (including phenoxy) is 1. The van der Waals surface area contributed by atoms with Crippen LogP contribution < -0.4 is 0 Å². The highest BCUT2D eigenvalue weighted by Crippen LogP contribution is 2.59. The maximum atomic E-state index is 11.5. The Morgan fingerprint density at radius 3 is 3.00 bits per heavy atom. The molecule has 0 aromatic rings. The summed E-state index contributed by atoms with van der Waals surface area (Å²) in [5, 5.41) is 9.23. The van der Waals surface area contributed by atoms with E-state index in [1.807, 2.05) is 0 Å². The molecule has 0 amide bonds. The van der Waals surface area contributed by atoms with Gasteiger partial charge in [0.2, 0.25) is 0 Å². The molecule has 1 N–H and O–H groups in total. The number of aliphatic hydroxyl groups excluding tert-OH is 1. The Hall–Kier alpha value is 0.160. The predicted molar refractivity (Wildman–Crippen MR) is 53.4 cm³/mol. The van der Waals surface area contributed by atoms with Crippen molar-refractivity contribution in [3.05, 3.63) is 0 Å². The normalized spacial score (nSPS) is 57.2. The summed E-state index contributed by atoms with van der Waals surface area (Å²) < 4.78 is 5.76. The zero-order chi connectivity index (χ0) is 9.16. The van der Waals surface area contributed by atoms with E-state index in [2.05, 4.69) is 22.6 Å². The van der Waals surface area contributed by atoms with Crippen molar-refractivity contribution in [2.45, 2.75) is 16.4 Å². The highest BCUT2D eigenvalue weighted by Gasteiger charge is 2.65. The molecule has 3 fully saturated rings. The molecule has 72 valence electrons. The van der Waals surface area contributed by atoms with E-state index in [1.165, 1.54) is 0 Å². The summed E-state index contributed by atoms with van der Waals surface area (Å²) in [6, 6.07) is 0. The van der Waals surface area contributed by atoms with Crippen LogP contribution in [-0.4, -0.2) is 27.7 Å². The van der Waals surface area contributed by atoms with E-state index < -0.39 is 0 Å². The summed E-state index contributed by atoms with van der Waals surface area (Å²) in [6.45, 7) is 0.146. The molecule has 2 saturated carbocycles. The molecule has 3 nitrogen and oxygen atoms in total. The number of hydrogen-bond acceptors (Lipinski definition) is 3. The van der Waals surface area contributed by atoms with Crippen molar-refractivity contribution in [1.29, 1.82) is 0 Å². The van der Waals surface area contributed by atoms with Gasteiger partial charge < -0.3 is 9.84 Å². The van der Waals surface area contributed by atoms with Gasteiger partial charge in [-0.15, -0.1) is 0 Å². The van der Waals surface area contributed by atoms with Crippen LogP contribution in [0.2, 0.25) is 0 Å². The first-order valence-corrected chi connectivity index (χ1v) is 5.94. The SMILES string of the molecule is O=C1O[C@@H]2[C@H](I)[C@H]3C[C@H]2[C@@H]1[C@H]3CO. The van der Waals surface area contributed by atoms with Crippen LogP contribution in [0.3, 0.4) is 0 Å². The van der Waals surface area contributed by atoms with Crippen molar-refractivity contribution in [2.75, 3.05) is 6.61 Å². The van der Waals surface area contributed by atoms with Crippen LogP contribution in [0.15, 0.2) is 0 Å². The minimum atomic E-state index is -0.0595. The van der Waals surface area contributed by atoms with Crippen LogP contribution in [0.4, 0.5) is 0 Å². The standard InChI is InChI=1S/C9H11IO3/c10-7-3-1-4-6(5(3)2-11)9(12)13-8(4)7/h3-8,11H,1-2H2/t3-,4-,5-,6+,7+,8-/m0/s1. The van der Waals surface area contributed by atoms with Crippen molar-refractivity contribution in [1.82, 2.24) is 0 Å². The van der Waals surface area contributed by atoms with Crippen LogP contribution in [0.1, 0.15) is 6.42 Å². The van der Waals surface area contributed by atoms with Gasteiger partial charge in [0, 0.05) is 12.5 Å². The minimum absolute atomic E-state index is 0.0195. The van der Waals surface area contributed by atoms with Gasteiger partial charge in [0.25, 0.3) is 0 Å². The van der Waals surface area contributed by atoms with E-state index >= 15 is 0 Å². The summed E-state index contributed by atoms with van der Waals surface area (Å²) in [5.74, 6) is 1.06. The highest BCUT2D eigenvalue weighted by molar-refractivity contribution is 14.1. The molecule has 0 aromatic carbocycles. The lowest BCUT2D eigenvalue weighted by molar-refractivity contribution is -0.144. The average Bonchev–Trinajstić information content (AvgIpc) is 2.68. The van der Waals surface area contributed by atoms with Gasteiger partial charge in [-0.2, -0.15) is 0 Å². The van der Waals surface area contributed by atoms with Crippen LogP contribution in [0.5, 0.6) is 0 Å². The lowest BCUT2D eigenvalue weighted by Gasteiger charge is -2.26. The van der Waals surface area contributed by atoms with Gasteiger partial charge in [0.1, 0.15) is 6.10 Å². The molecule has 2 bridgehead atoms. The molecular weight excluding hydrogens is 283 g/mol. The van der Waals surface area contributed by atoms with Gasteiger partial charge >= 0.3 is 5.97 Å². The maximum Gasteiger partial charge on any atom is 0.310 e. The fourth-order valence-corrected chi connectivity index (χ4v) is 4.87. The zero-order valence-corrected chi connectivity index (χ0v) is 9.18. The molecule has 4 heteroatoms. The quantitative estimate of drug-likeness (QED) is 0.437. The second-order valence-electron chi connectivity index (χ2n) is 4.28. The smallest absolute Gasteiger partial charge is 0.310 e. The molecule has 0 spiro atoms. The third-order valence-corrected chi connectivity index (χ3v) is 5.53. The lowest BCUT2D eigenvalue weighted by atomic mass is 9.80. The number of fused-ring (bicyclic) bond motifs is 1. The highest BCUT2D eigenvalue weighted by atomic mass is 127. The van der Waals surface area contributed by atoms with Crippen molar-refractivity contribution in [2.24, 2.45) is 23.7 Å². The van der Waals surface area contributed by atoms with Crippen molar-refractivity contribution < 1.29 is 14.6 Å². The molecule has 1 aliphatic heterocycles. The predicted octanol–water partition coefficient (Wildman–Crippen LogP) is 0.590. The van der Waals surface area contributed by atoms with Crippen LogP contribution in [-0.2, 0) is 9.53 Å². The number of carbonyl (C=O) groups excluding carboxylic acids is 1. The molecular formula is C9H11IO3. The molecule has 3 rings (SSSR count). The van der Waals surface area contributed by atoms with Gasteiger partial charge in [0.15, 0.2) is 0 Å². The number of esters is 1. The molecule has 0 radical (unpaired) electrons. The first kappa shape index (κ1) is 8.47. The van der Waals surface area contributed by atoms with Gasteiger partial charge in [-0.3, -0.25) is 4.79 Å². The largest absolute Gasteiger partial charge is 0.461 e. The Morgan fingerprint density at radius 2 is 2.31 bits per heavy atom. The second-order valence-corrected chi connectivity index (χ2v) is 5.72. The number of hydrogen-bond donors (Lipinski definition) is 1. The summed E-state index contributed by atoms with van der Waals surface area (Å²) in [4.78, 5) is 11.5. The van der Waals surface area contributed by atoms with E-state index in [0.29, 0.717) is 15.8 Å². The van der Waals surface area contributed by atoms with Gasteiger partial charge in [-0.05, 0) is 18.3 Å². The summed E-state index contributed by atoms with van der Waals surface area (Å²) in [7, 11) is 0. The number of rotatable bonds is 1. The van der Waals surface area contributed by atoms with E-state index in [4.69, 9.17) is 4.74 Å². The summed E-state index contributed by atoms with van der Waals surface area (Å²) in [5.41, 5.74) is 0. The third-order valence-electron chi connectivity index (χ3n) is 3.90. The Balaban J connectivity index is 2.01. The fourth-order valence-electron chi connectivity index (χ4n) is 3.37. The Kier molecular flexibility index (Phi) is 1.69. The Labute approximate surface area is 90.0 Å². The van der Waals surface area contributed by atoms with Crippen LogP contribution >= 0.6 is 22.6 Å². The van der Waals surface area contributed by atoms with Crippen LogP contribution in [0, 0.1) is 23.7 Å². The van der Waals surface area contributed by atoms with Crippen molar-refractivity contribution in [3.63, 3.8) is 0 Å². The topological polar surface area (TPSA) is 46.5 Å². The summed E-state index contributed by atoms with van der Waals surface area (Å²) in [6.07, 6.45) is 1.24. The molecule has 1 heterocycles. The van der Waals surface area contributed by atoms with E-state index in [0.717, 1.165) is 6.42 Å². The third kappa shape index (κ3) is 0.862. The fraction of sp³-hybridized carbons (Fsp3) is 0.889. The molecule has 2 aliphatic carbocycles. The second kappa shape index (κ2) is 2.59. The zero-order valence-electron chi connectivity index (χ0n) is 7.02. The molecule has 0 aromatic heterocycles. The summed E-state index contributed by atoms with van der Waals surface area (Å²) >= 11 is 2.37. The van der Waals surface area contributed by atoms with Crippen molar-refractivity contribution in [3.8, 4) is 0 Å². The lowest BCUT2D eigenvalue weighted by Crippen LogP contribution is -2.35. The monoisotopic (exact) mass is 294 g/mol. The first-order valence-electron chi connectivity index (χ1n) is 4.69. The average molecular weight is 294 g/mol. The van der Waals surface area contributed by atoms with Crippen LogP contribution in [0.25, 0.3) is 0 Å². The van der Waals surface area contributed by atoms with Crippen molar-refractivity contribution >= 4 is 28.6 Å². The molecule has 1 saturated heterocycles. The molecule has 3 aliphatic rings. The Morgan fingerprint density at radius 1 is 1.54 bits per heavy atom. The molecule has 13 heavy (non-hydrogen) atoms. The number of carbonyl (C=O) groups is 1. The number of alkyl halides is 1. The minimum Gasteiger partial charge on any atom is -0.461 e. The number of aliphatic hydroxyl groups is 1. The van der Waals surface area contributed by atoms with E-state index in [-0.39, 0.29) is 30.5 Å². The van der Waals surface area contributed by atoms with E-state index in [1.54, 1.807) is 0 Å². The van der Waals surface area contributed by atoms with Gasteiger partial charge in [-0.1, -0.05) is 22.6 Å². The maximum absolute atomic E-state index is 11.5. The molecule has 0 unspecified atom stereocenters. The number of halogens is 1. The first-order chi connectivity index (χ1) is 6.24. The Bertz CT molecular complexity index is 268. The molecule has 6 atom stereocenters.